The van der Waals surface area contributed by atoms with Crippen LogP contribution in [0.4, 0.5) is 0 Å². The molecule has 68 valence electrons. The molecule has 0 aliphatic heterocycles. The Kier molecular flexibility index (Phi) is 3.11. The van der Waals surface area contributed by atoms with E-state index in [1.165, 1.54) is 16.7 Å². The van der Waals surface area contributed by atoms with Gasteiger partial charge < -0.3 is 0 Å². The Bertz CT molecular complexity index is 339. The van der Waals surface area contributed by atoms with E-state index >= 15 is 0 Å². The molecule has 1 rings (SSSR count). The number of hydrogen-bond donors (Lipinski definition) is 0. The first-order valence-corrected chi connectivity index (χ1v) is 4.62. The molecule has 0 fully saturated rings. The molecule has 0 amide bonds. The zero-order chi connectivity index (χ0) is 9.84. The second-order valence-corrected chi connectivity index (χ2v) is 3.56. The van der Waals surface area contributed by atoms with Gasteiger partial charge in [-0.1, -0.05) is 44.7 Å². The van der Waals surface area contributed by atoms with Crippen molar-refractivity contribution in [1.82, 2.24) is 0 Å². The van der Waals surface area contributed by atoms with Crippen molar-refractivity contribution < 1.29 is 0 Å². The third kappa shape index (κ3) is 2.11. The Morgan fingerprint density at radius 2 is 1.92 bits per heavy atom. The normalized spacial score (nSPS) is 9.85. The van der Waals surface area contributed by atoms with E-state index in [0.29, 0.717) is 5.92 Å². The van der Waals surface area contributed by atoms with Gasteiger partial charge >= 0.3 is 0 Å². The molecule has 0 heteroatoms. The molecule has 13 heavy (non-hydrogen) atoms. The molecule has 1 aromatic carbocycles. The monoisotopic (exact) mass is 172 g/mol. The first kappa shape index (κ1) is 9.83. The molecule has 0 aliphatic rings. The fraction of sp³-hybridized carbons (Fsp3) is 0.308. The SMILES string of the molecule is C=C=C(c1ccccc1C)C(C)C. The van der Waals surface area contributed by atoms with Gasteiger partial charge in [-0.05, 0) is 24.0 Å². The van der Waals surface area contributed by atoms with Crippen LogP contribution in [0.15, 0.2) is 36.6 Å². The van der Waals surface area contributed by atoms with Crippen molar-refractivity contribution in [3.63, 3.8) is 0 Å². The van der Waals surface area contributed by atoms with Gasteiger partial charge in [-0.25, -0.2) is 0 Å². The van der Waals surface area contributed by atoms with E-state index in [4.69, 9.17) is 0 Å². The Labute approximate surface area is 80.6 Å². The van der Waals surface area contributed by atoms with E-state index in [1.54, 1.807) is 0 Å². The minimum Gasteiger partial charge on any atom is -0.124 e. The predicted molar refractivity (Wildman–Crippen MR) is 58.6 cm³/mol. The smallest absolute Gasteiger partial charge is 0.00339 e. The van der Waals surface area contributed by atoms with Gasteiger partial charge in [-0.15, -0.1) is 5.73 Å². The average Bonchev–Trinajstić information content (AvgIpc) is 2.09. The number of benzene rings is 1. The summed E-state index contributed by atoms with van der Waals surface area (Å²) in [4.78, 5) is 0. The van der Waals surface area contributed by atoms with Crippen molar-refractivity contribution in [2.24, 2.45) is 5.92 Å². The van der Waals surface area contributed by atoms with Gasteiger partial charge in [0.2, 0.25) is 0 Å². The third-order valence-electron chi connectivity index (χ3n) is 2.20. The van der Waals surface area contributed by atoms with Crippen molar-refractivity contribution in [3.8, 4) is 0 Å². The average molecular weight is 172 g/mol. The quantitative estimate of drug-likeness (QED) is 0.595. The van der Waals surface area contributed by atoms with E-state index in [2.05, 4.69) is 57.3 Å². The summed E-state index contributed by atoms with van der Waals surface area (Å²) in [6, 6.07) is 8.36. The molecule has 1 aromatic rings. The summed E-state index contributed by atoms with van der Waals surface area (Å²) in [6.45, 7) is 10.2. The number of aryl methyl sites for hydroxylation is 1. The van der Waals surface area contributed by atoms with Crippen LogP contribution in [-0.2, 0) is 0 Å². The number of hydrogen-bond acceptors (Lipinski definition) is 0. The minimum absolute atomic E-state index is 0.485. The topological polar surface area (TPSA) is 0 Å². The molecule has 0 N–H and O–H groups in total. The molecule has 0 saturated carbocycles. The molecule has 0 radical (unpaired) electrons. The summed E-state index contributed by atoms with van der Waals surface area (Å²) in [6.07, 6.45) is 0. The van der Waals surface area contributed by atoms with Gasteiger partial charge in [0.1, 0.15) is 0 Å². The lowest BCUT2D eigenvalue weighted by Gasteiger charge is -2.11. The lowest BCUT2D eigenvalue weighted by molar-refractivity contribution is 0.855. The van der Waals surface area contributed by atoms with Gasteiger partial charge in [0.25, 0.3) is 0 Å². The highest BCUT2D eigenvalue weighted by Crippen LogP contribution is 2.24. The minimum atomic E-state index is 0.485. The first-order valence-electron chi connectivity index (χ1n) is 4.62. The molecular weight excluding hydrogens is 156 g/mol. The zero-order valence-corrected chi connectivity index (χ0v) is 8.59. The van der Waals surface area contributed by atoms with Crippen molar-refractivity contribution in [1.29, 1.82) is 0 Å². The van der Waals surface area contributed by atoms with Crippen molar-refractivity contribution in [2.45, 2.75) is 20.8 Å². The Hall–Kier alpha value is -1.26. The molecule has 0 nitrogen and oxygen atoms in total. The Balaban J connectivity index is 3.21. The van der Waals surface area contributed by atoms with Gasteiger partial charge in [-0.2, -0.15) is 0 Å². The fourth-order valence-corrected chi connectivity index (χ4v) is 1.49. The Morgan fingerprint density at radius 1 is 1.31 bits per heavy atom. The van der Waals surface area contributed by atoms with Crippen LogP contribution < -0.4 is 0 Å². The van der Waals surface area contributed by atoms with Crippen LogP contribution in [0.3, 0.4) is 0 Å². The zero-order valence-electron chi connectivity index (χ0n) is 8.59. The van der Waals surface area contributed by atoms with E-state index in [-0.39, 0.29) is 0 Å². The molecule has 0 unspecified atom stereocenters. The van der Waals surface area contributed by atoms with Crippen LogP contribution in [0.2, 0.25) is 0 Å². The summed E-state index contributed by atoms with van der Waals surface area (Å²) >= 11 is 0. The van der Waals surface area contributed by atoms with E-state index in [0.717, 1.165) is 0 Å². The Morgan fingerprint density at radius 3 is 2.38 bits per heavy atom. The number of allylic oxidation sites excluding steroid dienone is 1. The maximum Gasteiger partial charge on any atom is 0.00339 e. The van der Waals surface area contributed by atoms with Crippen LogP contribution in [0.25, 0.3) is 5.57 Å². The lowest BCUT2D eigenvalue weighted by atomic mass is 9.93. The summed E-state index contributed by atoms with van der Waals surface area (Å²) in [5, 5.41) is 0. The molecule has 0 bridgehead atoms. The maximum absolute atomic E-state index is 3.74. The second-order valence-electron chi connectivity index (χ2n) is 3.56. The molecule has 0 aromatic heterocycles. The fourth-order valence-electron chi connectivity index (χ4n) is 1.49. The number of rotatable bonds is 2. The van der Waals surface area contributed by atoms with Gasteiger partial charge in [0.05, 0.1) is 0 Å². The molecular formula is C13H16. The van der Waals surface area contributed by atoms with Gasteiger partial charge in [0, 0.05) is 5.57 Å². The van der Waals surface area contributed by atoms with Crippen LogP contribution in [0.5, 0.6) is 0 Å². The van der Waals surface area contributed by atoms with Crippen molar-refractivity contribution in [3.05, 3.63) is 47.7 Å². The molecule has 0 spiro atoms. The third-order valence-corrected chi connectivity index (χ3v) is 2.20. The summed E-state index contributed by atoms with van der Waals surface area (Å²) in [7, 11) is 0. The van der Waals surface area contributed by atoms with Gasteiger partial charge in [-0.3, -0.25) is 0 Å². The molecule has 0 aliphatic carbocycles. The highest BCUT2D eigenvalue weighted by Gasteiger charge is 2.06. The largest absolute Gasteiger partial charge is 0.124 e. The highest BCUT2D eigenvalue weighted by atomic mass is 14.1. The van der Waals surface area contributed by atoms with Crippen molar-refractivity contribution in [2.75, 3.05) is 0 Å². The van der Waals surface area contributed by atoms with E-state index in [1.807, 2.05) is 0 Å². The van der Waals surface area contributed by atoms with Crippen LogP contribution in [0, 0.1) is 12.8 Å². The second kappa shape index (κ2) is 4.11. The van der Waals surface area contributed by atoms with Crippen molar-refractivity contribution >= 4 is 5.57 Å². The molecule has 0 heterocycles. The van der Waals surface area contributed by atoms with E-state index in [9.17, 15) is 0 Å². The van der Waals surface area contributed by atoms with Gasteiger partial charge in [0.15, 0.2) is 0 Å². The summed E-state index contributed by atoms with van der Waals surface area (Å²) < 4.78 is 0. The van der Waals surface area contributed by atoms with Crippen LogP contribution in [0.1, 0.15) is 25.0 Å². The van der Waals surface area contributed by atoms with Crippen LogP contribution in [-0.4, -0.2) is 0 Å². The highest BCUT2D eigenvalue weighted by molar-refractivity contribution is 5.68. The molecule has 0 atom stereocenters. The standard InChI is InChI=1S/C13H16/c1-5-12(10(2)3)13-9-7-6-8-11(13)4/h6-10H,1H2,2-4H3. The summed E-state index contributed by atoms with van der Waals surface area (Å²) in [5.41, 5.74) is 6.80. The summed E-state index contributed by atoms with van der Waals surface area (Å²) in [5.74, 6) is 0.485. The first-order chi connectivity index (χ1) is 6.16. The van der Waals surface area contributed by atoms with E-state index < -0.39 is 0 Å². The van der Waals surface area contributed by atoms with Crippen LogP contribution >= 0.6 is 0 Å². The predicted octanol–water partition coefficient (Wildman–Crippen LogP) is 3.82. The molecule has 0 saturated heterocycles. The lowest BCUT2D eigenvalue weighted by Crippen LogP contribution is -1.94. The maximum atomic E-state index is 3.74.